The molecule has 8 heterocycles. The molecule has 1 atom stereocenters. The highest BCUT2D eigenvalue weighted by atomic mass is 16.6. The van der Waals surface area contributed by atoms with Crippen LogP contribution in [0.5, 0.6) is 0 Å². The number of urea groups is 3. The van der Waals surface area contributed by atoms with Crippen molar-refractivity contribution in [1.29, 1.82) is 0 Å². The van der Waals surface area contributed by atoms with Crippen LogP contribution >= 0.6 is 0 Å². The molecular formula is C80H137N11O13. The quantitative estimate of drug-likeness (QED) is 0.0288. The third kappa shape index (κ3) is 19.9. The second kappa shape index (κ2) is 32.9. The van der Waals surface area contributed by atoms with Crippen LogP contribution in [0.4, 0.5) is 20.1 Å². The summed E-state index contributed by atoms with van der Waals surface area (Å²) in [4.78, 5) is 113. The first-order valence-electron chi connectivity index (χ1n) is 39.2. The van der Waals surface area contributed by atoms with E-state index in [1.54, 1.807) is 0 Å². The fourth-order valence-corrected chi connectivity index (χ4v) is 19.4. The predicted octanol–water partition coefficient (Wildman–Crippen LogP) is 11.3. The minimum absolute atomic E-state index is 0.0322. The smallest absolute Gasteiger partial charge is 0.329 e. The number of aliphatic hydroxyl groups excluding tert-OH is 2. The van der Waals surface area contributed by atoms with Crippen molar-refractivity contribution in [2.24, 2.45) is 0 Å². The van der Waals surface area contributed by atoms with Gasteiger partial charge in [-0.05, 0) is 215 Å². The zero-order valence-electron chi connectivity index (χ0n) is 67.9. The summed E-state index contributed by atoms with van der Waals surface area (Å²) >= 11 is 0. The van der Waals surface area contributed by atoms with Gasteiger partial charge in [-0.3, -0.25) is 43.6 Å². The molecule has 10 rings (SSSR count). The first-order chi connectivity index (χ1) is 48.1. The normalized spacial score (nSPS) is 25.2. The lowest BCUT2D eigenvalue weighted by Crippen LogP contribution is -2.68. The number of anilines is 1. The molecule has 9 aliphatic rings. The Morgan fingerprint density at radius 1 is 0.519 bits per heavy atom. The Bertz CT molecular complexity index is 3120. The second-order valence-corrected chi connectivity index (χ2v) is 37.3. The van der Waals surface area contributed by atoms with Gasteiger partial charge in [-0.15, -0.1) is 0 Å². The molecule has 0 aromatic heterocycles. The highest BCUT2D eigenvalue weighted by molar-refractivity contribution is 6.23. The van der Waals surface area contributed by atoms with Crippen LogP contribution < -0.4 is 31.5 Å². The van der Waals surface area contributed by atoms with Gasteiger partial charge in [-0.1, -0.05) is 95.8 Å². The molecule has 0 radical (unpaired) electrons. The zero-order chi connectivity index (χ0) is 77.7. The maximum absolute atomic E-state index is 13.8. The van der Waals surface area contributed by atoms with Gasteiger partial charge in [0.2, 0.25) is 0 Å². The standard InChI is InChI=1S/C29H52N2O4.C18H25N3O2.C17H31N3O5.C16H29N3O2/c1-6-7-8-9-10-11-12-13-14-15-21-34-24(32)17-20-31-25(33)28(35-29(31)18-16-19-29)22-26(2,3)30-27(4,5)23-28;1-12-6-8-13(9-7-12)21-14(22)18(19-15(21)23)10-16(2,3)20-17(4,5)11-18;1-15(2)10-17(11-16(3,4)19(15)5)13(23)20(14(24)18-17)8-12(22)9-25-7-6-21;1-7-8-9-19-12(20)16(17-13(19)21)10-14(2,3)18(6)15(4,5)11-16/h30H,6-23H2,1-5H3;6-9,20H,10-11H2,1-5H3,(H,19,23);12,21-22H,6-11H2,1-5H3,(H,18,24);7-11H2,1-6H3,(H,17,21). The van der Waals surface area contributed by atoms with Gasteiger partial charge in [0.25, 0.3) is 23.6 Å². The highest BCUT2D eigenvalue weighted by Gasteiger charge is 2.67. The Kier molecular flexibility index (Phi) is 27.1. The molecule has 8 aliphatic heterocycles. The SMILES string of the molecule is CCCCCCCCCCCCOC(=O)CCN1C(=O)C2(CC(C)(C)NC(C)(C)C2)OC12CCC2.CCCCN1C(=O)NC2(CC(C)(C)N(C)C(C)(C)C2)C1=O.CN1C(C)(C)CC2(CC1(C)C)NC(=O)N(CC(O)COCCO)C2=O.Cc1ccc(N2C(=O)NC3(CC(C)(C)NC(C)(C)C3)C2=O)cc1. The number of esters is 1. The third-order valence-electron chi connectivity index (χ3n) is 23.4. The van der Waals surface area contributed by atoms with Crippen LogP contribution in [0.1, 0.15) is 284 Å². The molecule has 590 valence electrons. The molecule has 1 aliphatic carbocycles. The van der Waals surface area contributed by atoms with Crippen LogP contribution in [0.3, 0.4) is 0 Å². The van der Waals surface area contributed by atoms with Crippen molar-refractivity contribution in [3.05, 3.63) is 29.8 Å². The number of nitrogens with one attached hydrogen (secondary N) is 5. The van der Waals surface area contributed by atoms with E-state index in [4.69, 9.17) is 19.3 Å². The minimum atomic E-state index is -0.983. The molecule has 1 aromatic carbocycles. The van der Waals surface area contributed by atoms with Gasteiger partial charge >= 0.3 is 24.1 Å². The Hall–Kier alpha value is -5.34. The van der Waals surface area contributed by atoms with Crippen molar-refractivity contribution in [3.8, 4) is 0 Å². The number of amides is 10. The molecule has 9 fully saturated rings. The lowest BCUT2D eigenvalue weighted by Gasteiger charge is -2.56. The number of imide groups is 3. The van der Waals surface area contributed by atoms with Gasteiger partial charge in [0.05, 0.1) is 51.2 Å². The predicted molar refractivity (Wildman–Crippen MR) is 406 cm³/mol. The fraction of sp³-hybridized carbons (Fsp3) is 0.825. The number of hydrogen-bond donors (Lipinski definition) is 7. The Morgan fingerprint density at radius 3 is 1.39 bits per heavy atom. The summed E-state index contributed by atoms with van der Waals surface area (Å²) in [5.41, 5.74) is -3.71. The van der Waals surface area contributed by atoms with Crippen LogP contribution in [-0.2, 0) is 38.2 Å². The van der Waals surface area contributed by atoms with Gasteiger partial charge in [0, 0.05) is 70.2 Å². The molecule has 24 heteroatoms. The number of carbonyl (C=O) groups excluding carboxylic acids is 8. The molecule has 5 spiro atoms. The monoisotopic (exact) mass is 1460 g/mol. The van der Waals surface area contributed by atoms with Gasteiger partial charge < -0.3 is 55.9 Å². The van der Waals surface area contributed by atoms with E-state index >= 15 is 0 Å². The van der Waals surface area contributed by atoms with Crippen molar-refractivity contribution in [2.75, 3.05) is 65.1 Å². The number of ether oxygens (including phenoxy) is 3. The zero-order valence-corrected chi connectivity index (χ0v) is 67.9. The second-order valence-electron chi connectivity index (χ2n) is 37.3. The highest BCUT2D eigenvalue weighted by Crippen LogP contribution is 2.54. The topological polar surface area (TPSA) is 284 Å². The summed E-state index contributed by atoms with van der Waals surface area (Å²) in [5, 5.41) is 34.8. The van der Waals surface area contributed by atoms with E-state index in [-0.39, 0.29) is 119 Å². The average molecular weight is 1460 g/mol. The van der Waals surface area contributed by atoms with E-state index < -0.39 is 40.1 Å². The molecule has 104 heavy (non-hydrogen) atoms. The van der Waals surface area contributed by atoms with Crippen molar-refractivity contribution < 1.29 is 62.8 Å². The number of piperidine rings is 4. The summed E-state index contributed by atoms with van der Waals surface area (Å²) in [6, 6.07) is 6.46. The largest absolute Gasteiger partial charge is 0.466 e. The number of nitrogens with zero attached hydrogens (tertiary/aromatic N) is 6. The molecule has 10 amide bonds. The van der Waals surface area contributed by atoms with Crippen molar-refractivity contribution in [3.63, 3.8) is 0 Å². The van der Waals surface area contributed by atoms with Crippen LogP contribution in [0, 0.1) is 6.92 Å². The first kappa shape index (κ1) is 85.9. The summed E-state index contributed by atoms with van der Waals surface area (Å²) in [5.74, 6) is -0.588. The Morgan fingerprint density at radius 2 is 0.942 bits per heavy atom. The Labute approximate surface area is 623 Å². The number of hydrogen-bond acceptors (Lipinski definition) is 17. The van der Waals surface area contributed by atoms with Crippen molar-refractivity contribution in [1.82, 2.24) is 51.1 Å². The molecule has 1 unspecified atom stereocenters. The minimum Gasteiger partial charge on any atom is -0.466 e. The Balaban J connectivity index is 0.000000198. The average Bonchev–Trinajstić information content (AvgIpc) is 1.55. The van der Waals surface area contributed by atoms with E-state index in [2.05, 4.69) is 168 Å². The number of benzene rings is 1. The molecule has 24 nitrogen and oxygen atoms in total. The van der Waals surface area contributed by atoms with E-state index in [0.717, 1.165) is 55.4 Å². The van der Waals surface area contributed by atoms with Gasteiger partial charge in [0.1, 0.15) is 22.3 Å². The van der Waals surface area contributed by atoms with Crippen LogP contribution in [0.2, 0.25) is 0 Å². The molecule has 7 N–H and O–H groups in total. The third-order valence-corrected chi connectivity index (χ3v) is 23.4. The van der Waals surface area contributed by atoms with Crippen molar-refractivity contribution >= 4 is 53.4 Å². The van der Waals surface area contributed by atoms with Crippen LogP contribution in [0.25, 0.3) is 0 Å². The van der Waals surface area contributed by atoms with E-state index in [1.165, 1.54) is 61.2 Å². The van der Waals surface area contributed by atoms with E-state index in [9.17, 15) is 43.5 Å². The lowest BCUT2D eigenvalue weighted by molar-refractivity contribution is -0.202. The van der Waals surface area contributed by atoms with Gasteiger partial charge in [-0.25, -0.2) is 19.3 Å². The number of aliphatic hydroxyl groups is 2. The molecule has 1 aromatic rings. The molecule has 8 saturated heterocycles. The lowest BCUT2D eigenvalue weighted by atomic mass is 9.69. The molecule has 1 saturated carbocycles. The number of likely N-dealkylation sites (tertiary alicyclic amines) is 2. The van der Waals surface area contributed by atoms with Crippen molar-refractivity contribution in [2.45, 2.75) is 364 Å². The first-order valence-corrected chi connectivity index (χ1v) is 39.2. The van der Waals surface area contributed by atoms with E-state index in [0.29, 0.717) is 76.8 Å². The summed E-state index contributed by atoms with van der Waals surface area (Å²) in [7, 11) is 4.14. The summed E-state index contributed by atoms with van der Waals surface area (Å²) < 4.78 is 17.3. The number of rotatable bonds is 24. The van der Waals surface area contributed by atoms with Crippen LogP contribution in [0.15, 0.2) is 24.3 Å². The summed E-state index contributed by atoms with van der Waals surface area (Å²) in [6.45, 7) is 41.2. The fourth-order valence-electron chi connectivity index (χ4n) is 19.4. The number of unbranched alkanes of at least 4 members (excludes halogenated alkanes) is 10. The molecular weight excluding hydrogens is 1320 g/mol. The van der Waals surface area contributed by atoms with Gasteiger partial charge in [-0.2, -0.15) is 0 Å². The maximum atomic E-state index is 13.8. The summed E-state index contributed by atoms with van der Waals surface area (Å²) in [6.07, 6.45) is 21.3. The van der Waals surface area contributed by atoms with E-state index in [1.807, 2.05) is 43.1 Å². The number of β-amino-alcohol motifs (C(OH)–C–C–N with tert-alkyl or cyclic N) is 1. The maximum Gasteiger partial charge on any atom is 0.329 e. The van der Waals surface area contributed by atoms with Gasteiger partial charge in [0.15, 0.2) is 5.60 Å². The molecule has 0 bridgehead atoms. The van der Waals surface area contributed by atoms with Crippen LogP contribution in [-0.4, -0.2) is 221 Å². The number of carbonyl (C=O) groups is 8. The number of aryl methyl sites for hydroxylation is 1.